The van der Waals surface area contributed by atoms with Gasteiger partial charge in [0.25, 0.3) is 0 Å². The molecule has 0 atom stereocenters. The molecule has 3 rings (SSSR count). The van der Waals surface area contributed by atoms with Gasteiger partial charge in [-0.25, -0.2) is 15.0 Å². The second-order valence-corrected chi connectivity index (χ2v) is 4.73. The molecule has 102 valence electrons. The van der Waals surface area contributed by atoms with Crippen LogP contribution >= 0.6 is 0 Å². The van der Waals surface area contributed by atoms with Gasteiger partial charge in [-0.2, -0.15) is 5.10 Å². The van der Waals surface area contributed by atoms with E-state index >= 15 is 0 Å². The lowest BCUT2D eigenvalue weighted by Gasteiger charge is -2.04. The van der Waals surface area contributed by atoms with Crippen LogP contribution in [-0.2, 0) is 20.1 Å². The molecule has 6 heteroatoms. The molecule has 0 bridgehead atoms. The van der Waals surface area contributed by atoms with E-state index in [2.05, 4.69) is 31.4 Å². The van der Waals surface area contributed by atoms with Gasteiger partial charge in [-0.15, -0.1) is 0 Å². The molecule has 20 heavy (non-hydrogen) atoms. The Balaban J connectivity index is 1.70. The lowest BCUT2D eigenvalue weighted by atomic mass is 10.2. The van der Waals surface area contributed by atoms with Crippen LogP contribution in [0.25, 0.3) is 11.0 Å². The van der Waals surface area contributed by atoms with Gasteiger partial charge in [0.1, 0.15) is 6.33 Å². The third-order valence-electron chi connectivity index (χ3n) is 3.20. The first-order chi connectivity index (χ1) is 9.74. The van der Waals surface area contributed by atoms with E-state index in [-0.39, 0.29) is 0 Å². The molecule has 0 amide bonds. The number of aromatic nitrogens is 5. The van der Waals surface area contributed by atoms with E-state index in [4.69, 9.17) is 0 Å². The fourth-order valence-corrected chi connectivity index (χ4v) is 2.21. The van der Waals surface area contributed by atoms with Gasteiger partial charge in [0.05, 0.1) is 11.4 Å². The molecule has 3 heterocycles. The first kappa shape index (κ1) is 12.7. The zero-order chi connectivity index (χ0) is 13.9. The van der Waals surface area contributed by atoms with Crippen LogP contribution < -0.4 is 5.32 Å². The summed E-state index contributed by atoms with van der Waals surface area (Å²) < 4.78 is 1.81. The predicted molar refractivity (Wildman–Crippen MR) is 75.8 cm³/mol. The van der Waals surface area contributed by atoms with E-state index < -0.39 is 0 Å². The molecule has 3 aromatic heterocycles. The van der Waals surface area contributed by atoms with Crippen molar-refractivity contribution in [2.24, 2.45) is 7.05 Å². The van der Waals surface area contributed by atoms with Gasteiger partial charge in [0, 0.05) is 37.9 Å². The van der Waals surface area contributed by atoms with Crippen LogP contribution in [0.4, 0.5) is 0 Å². The Hall–Kier alpha value is -2.34. The molecule has 0 saturated heterocycles. The summed E-state index contributed by atoms with van der Waals surface area (Å²) in [6.45, 7) is 3.47. The number of fused-ring (bicyclic) bond motifs is 1. The maximum absolute atomic E-state index is 4.46. The van der Waals surface area contributed by atoms with E-state index in [0.29, 0.717) is 6.54 Å². The van der Waals surface area contributed by atoms with Crippen LogP contribution in [0.3, 0.4) is 0 Å². The van der Waals surface area contributed by atoms with Crippen molar-refractivity contribution in [3.05, 3.63) is 47.8 Å². The molecule has 0 unspecified atom stereocenters. The molecule has 0 aromatic carbocycles. The normalized spacial score (nSPS) is 11.1. The van der Waals surface area contributed by atoms with Crippen molar-refractivity contribution < 1.29 is 0 Å². The van der Waals surface area contributed by atoms with Crippen molar-refractivity contribution in [3.8, 4) is 0 Å². The summed E-state index contributed by atoms with van der Waals surface area (Å²) in [4.78, 5) is 12.5. The molecule has 0 aliphatic heterocycles. The summed E-state index contributed by atoms with van der Waals surface area (Å²) in [5.41, 5.74) is 4.05. The van der Waals surface area contributed by atoms with E-state index in [1.165, 1.54) is 0 Å². The number of rotatable bonds is 4. The average molecular weight is 268 g/mol. The number of hydrogen-bond donors (Lipinski definition) is 1. The number of hydrogen-bond acceptors (Lipinski definition) is 5. The van der Waals surface area contributed by atoms with Crippen molar-refractivity contribution >= 4 is 11.0 Å². The van der Waals surface area contributed by atoms with Gasteiger partial charge in [-0.1, -0.05) is 0 Å². The highest BCUT2D eigenvalue weighted by Crippen LogP contribution is 2.16. The molecule has 0 saturated carbocycles. The van der Waals surface area contributed by atoms with Crippen molar-refractivity contribution in [1.82, 2.24) is 30.0 Å². The average Bonchev–Trinajstić information content (AvgIpc) is 2.75. The zero-order valence-electron chi connectivity index (χ0n) is 11.5. The van der Waals surface area contributed by atoms with Crippen LogP contribution in [0.1, 0.15) is 17.0 Å². The Labute approximate surface area is 116 Å². The van der Waals surface area contributed by atoms with Crippen LogP contribution in [0, 0.1) is 6.92 Å². The number of pyridine rings is 1. The van der Waals surface area contributed by atoms with E-state index in [9.17, 15) is 0 Å². The maximum Gasteiger partial charge on any atom is 0.157 e. The second-order valence-electron chi connectivity index (χ2n) is 4.73. The molecule has 6 nitrogen and oxygen atoms in total. The van der Waals surface area contributed by atoms with Crippen molar-refractivity contribution in [2.75, 3.05) is 0 Å². The van der Waals surface area contributed by atoms with Crippen molar-refractivity contribution in [1.29, 1.82) is 0 Å². The van der Waals surface area contributed by atoms with Crippen LogP contribution in [0.5, 0.6) is 0 Å². The summed E-state index contributed by atoms with van der Waals surface area (Å²) in [5.74, 6) is 0. The van der Waals surface area contributed by atoms with Gasteiger partial charge in [0.2, 0.25) is 0 Å². The monoisotopic (exact) mass is 268 g/mol. The van der Waals surface area contributed by atoms with Gasteiger partial charge < -0.3 is 5.32 Å². The fourth-order valence-electron chi connectivity index (χ4n) is 2.21. The number of aryl methyl sites for hydroxylation is 2. The molecule has 0 aliphatic carbocycles. The van der Waals surface area contributed by atoms with E-state index in [0.717, 1.165) is 34.5 Å². The molecule has 0 radical (unpaired) electrons. The lowest BCUT2D eigenvalue weighted by molar-refractivity contribution is 0.676. The Morgan fingerprint density at radius 3 is 2.95 bits per heavy atom. The summed E-state index contributed by atoms with van der Waals surface area (Å²) in [7, 11) is 1.91. The van der Waals surface area contributed by atoms with Crippen LogP contribution in [0.2, 0.25) is 0 Å². The number of nitrogens with one attached hydrogen (secondary N) is 1. The molecular formula is C14H16N6. The third kappa shape index (κ3) is 2.50. The molecule has 1 N–H and O–H groups in total. The Morgan fingerprint density at radius 1 is 1.25 bits per heavy atom. The zero-order valence-corrected chi connectivity index (χ0v) is 11.5. The first-order valence-corrected chi connectivity index (χ1v) is 6.48. The minimum absolute atomic E-state index is 0.715. The standard InChI is InChI=1S/C14H16N6/c1-10-13-5-11(7-17-14(13)20(2)19-10)6-16-8-12-3-4-15-9-18-12/h3-5,7,9,16H,6,8H2,1-2H3. The predicted octanol–water partition coefficient (Wildman–Crippen LogP) is 1.36. The highest BCUT2D eigenvalue weighted by atomic mass is 15.3. The van der Waals surface area contributed by atoms with Gasteiger partial charge in [-0.05, 0) is 24.6 Å². The SMILES string of the molecule is Cc1nn(C)c2ncc(CNCc3ccncn3)cc12. The molecule has 0 spiro atoms. The van der Waals surface area contributed by atoms with Gasteiger partial charge >= 0.3 is 0 Å². The lowest BCUT2D eigenvalue weighted by Crippen LogP contribution is -2.13. The van der Waals surface area contributed by atoms with Gasteiger partial charge in [-0.3, -0.25) is 4.68 Å². The van der Waals surface area contributed by atoms with Crippen LogP contribution in [-0.4, -0.2) is 24.7 Å². The largest absolute Gasteiger partial charge is 0.307 e. The Bertz CT molecular complexity index is 719. The van der Waals surface area contributed by atoms with Crippen molar-refractivity contribution in [3.63, 3.8) is 0 Å². The van der Waals surface area contributed by atoms with E-state index in [1.54, 1.807) is 12.5 Å². The number of nitrogens with zero attached hydrogens (tertiary/aromatic N) is 5. The summed E-state index contributed by atoms with van der Waals surface area (Å²) >= 11 is 0. The summed E-state index contributed by atoms with van der Waals surface area (Å²) in [6, 6.07) is 4.04. The minimum atomic E-state index is 0.715. The quantitative estimate of drug-likeness (QED) is 0.773. The molecule has 0 aliphatic rings. The Morgan fingerprint density at radius 2 is 2.15 bits per heavy atom. The summed E-state index contributed by atoms with van der Waals surface area (Å²) in [6.07, 6.45) is 5.19. The van der Waals surface area contributed by atoms with Crippen LogP contribution in [0.15, 0.2) is 30.9 Å². The third-order valence-corrected chi connectivity index (χ3v) is 3.20. The molecule has 0 fully saturated rings. The van der Waals surface area contributed by atoms with E-state index in [1.807, 2.05) is 30.9 Å². The summed E-state index contributed by atoms with van der Waals surface area (Å²) in [5, 5.41) is 8.83. The van der Waals surface area contributed by atoms with Gasteiger partial charge in [0.15, 0.2) is 5.65 Å². The second kappa shape index (κ2) is 5.34. The van der Waals surface area contributed by atoms with Crippen molar-refractivity contribution in [2.45, 2.75) is 20.0 Å². The highest BCUT2D eigenvalue weighted by Gasteiger charge is 2.06. The molecule has 3 aromatic rings. The Kier molecular flexibility index (Phi) is 3.39. The molecular weight excluding hydrogens is 252 g/mol. The fraction of sp³-hybridized carbons (Fsp3) is 0.286. The highest BCUT2D eigenvalue weighted by molar-refractivity contribution is 5.78. The minimum Gasteiger partial charge on any atom is -0.307 e. The maximum atomic E-state index is 4.46. The first-order valence-electron chi connectivity index (χ1n) is 6.48. The topological polar surface area (TPSA) is 68.5 Å². The smallest absolute Gasteiger partial charge is 0.157 e.